The fraction of sp³-hybridized carbons (Fsp3) is 0.300. The number of carbonyl (C=O) groups is 1. The first-order valence-corrected chi connectivity index (χ1v) is 4.51. The summed E-state index contributed by atoms with van der Waals surface area (Å²) in [4.78, 5) is 10.6. The van der Waals surface area contributed by atoms with Gasteiger partial charge < -0.3 is 9.47 Å². The van der Waals surface area contributed by atoms with Crippen LogP contribution < -0.4 is 0 Å². The molecule has 0 amide bonds. The van der Waals surface area contributed by atoms with Crippen molar-refractivity contribution < 1.29 is 27.4 Å². The molecular weight excluding hydrogens is 225 g/mol. The molecule has 6 heteroatoms. The molecule has 1 aliphatic heterocycles. The molecular formula is C10H7F3O3. The second-order valence-corrected chi connectivity index (χ2v) is 3.18. The van der Waals surface area contributed by atoms with Crippen molar-refractivity contribution in [3.05, 3.63) is 34.6 Å². The number of carbonyl (C=O) groups excluding carboxylic acids is 1. The Labute approximate surface area is 88.8 Å². The van der Waals surface area contributed by atoms with Gasteiger partial charge in [-0.25, -0.2) is 13.2 Å². The van der Waals surface area contributed by atoms with E-state index in [1.165, 1.54) is 0 Å². The minimum Gasteiger partial charge on any atom is -0.346 e. The van der Waals surface area contributed by atoms with E-state index in [4.69, 9.17) is 9.47 Å². The molecule has 0 unspecified atom stereocenters. The van der Waals surface area contributed by atoms with Gasteiger partial charge in [-0.2, -0.15) is 0 Å². The zero-order chi connectivity index (χ0) is 11.7. The summed E-state index contributed by atoms with van der Waals surface area (Å²) >= 11 is 0. The van der Waals surface area contributed by atoms with Crippen molar-refractivity contribution in [3.8, 4) is 0 Å². The van der Waals surface area contributed by atoms with Crippen LogP contribution in [-0.4, -0.2) is 19.5 Å². The average molecular weight is 232 g/mol. The van der Waals surface area contributed by atoms with Crippen LogP contribution in [0, 0.1) is 17.5 Å². The molecule has 1 heterocycles. The van der Waals surface area contributed by atoms with Gasteiger partial charge in [0.1, 0.15) is 0 Å². The SMILES string of the molecule is O=Cc1c(C2OCCO2)cc(F)c(F)c1F. The van der Waals surface area contributed by atoms with E-state index in [2.05, 4.69) is 0 Å². The minimum atomic E-state index is -1.68. The van der Waals surface area contributed by atoms with Crippen molar-refractivity contribution in [2.45, 2.75) is 6.29 Å². The van der Waals surface area contributed by atoms with Gasteiger partial charge in [-0.1, -0.05) is 0 Å². The number of benzene rings is 1. The lowest BCUT2D eigenvalue weighted by Crippen LogP contribution is -2.08. The van der Waals surface area contributed by atoms with Crippen molar-refractivity contribution >= 4 is 6.29 Å². The predicted molar refractivity (Wildman–Crippen MR) is 46.3 cm³/mol. The average Bonchev–Trinajstić information content (AvgIpc) is 2.79. The minimum absolute atomic E-state index is 0.109. The summed E-state index contributed by atoms with van der Waals surface area (Å²) in [5.74, 6) is -4.58. The molecule has 1 aromatic rings. The Morgan fingerprint density at radius 1 is 1.19 bits per heavy atom. The van der Waals surface area contributed by atoms with Crippen molar-refractivity contribution in [2.75, 3.05) is 13.2 Å². The molecule has 0 spiro atoms. The Morgan fingerprint density at radius 2 is 1.81 bits per heavy atom. The van der Waals surface area contributed by atoms with Crippen LogP contribution in [0.4, 0.5) is 13.2 Å². The molecule has 1 fully saturated rings. The van der Waals surface area contributed by atoms with Gasteiger partial charge in [0.25, 0.3) is 0 Å². The number of halogens is 3. The molecule has 0 N–H and O–H groups in total. The van der Waals surface area contributed by atoms with Gasteiger partial charge in [0, 0.05) is 5.56 Å². The first-order chi connectivity index (χ1) is 7.65. The summed E-state index contributed by atoms with van der Waals surface area (Å²) in [7, 11) is 0. The van der Waals surface area contributed by atoms with Crippen LogP contribution in [0.15, 0.2) is 6.07 Å². The van der Waals surface area contributed by atoms with E-state index in [1.54, 1.807) is 0 Å². The molecule has 16 heavy (non-hydrogen) atoms. The number of hydrogen-bond acceptors (Lipinski definition) is 3. The fourth-order valence-corrected chi connectivity index (χ4v) is 1.48. The van der Waals surface area contributed by atoms with E-state index in [1.807, 2.05) is 0 Å². The van der Waals surface area contributed by atoms with Crippen molar-refractivity contribution in [1.82, 2.24) is 0 Å². The number of ether oxygens (including phenoxy) is 2. The molecule has 1 aromatic carbocycles. The van der Waals surface area contributed by atoms with E-state index in [0.29, 0.717) is 6.07 Å². The third kappa shape index (κ3) is 1.70. The first-order valence-electron chi connectivity index (χ1n) is 4.51. The Morgan fingerprint density at radius 3 is 2.38 bits per heavy atom. The molecule has 0 radical (unpaired) electrons. The van der Waals surface area contributed by atoms with Crippen LogP contribution in [0.3, 0.4) is 0 Å². The third-order valence-electron chi connectivity index (χ3n) is 2.23. The molecule has 0 saturated carbocycles. The lowest BCUT2D eigenvalue weighted by molar-refractivity contribution is -0.0449. The van der Waals surface area contributed by atoms with Crippen molar-refractivity contribution in [3.63, 3.8) is 0 Å². The quantitative estimate of drug-likeness (QED) is 0.577. The maximum atomic E-state index is 13.2. The summed E-state index contributed by atoms with van der Waals surface area (Å²) in [5.41, 5.74) is -0.713. The van der Waals surface area contributed by atoms with Crippen LogP contribution in [-0.2, 0) is 9.47 Å². The number of hydrogen-bond donors (Lipinski definition) is 0. The third-order valence-corrected chi connectivity index (χ3v) is 2.23. The van der Waals surface area contributed by atoms with E-state index >= 15 is 0 Å². The summed E-state index contributed by atoms with van der Waals surface area (Å²) in [5, 5.41) is 0. The highest BCUT2D eigenvalue weighted by atomic mass is 19.2. The summed E-state index contributed by atoms with van der Waals surface area (Å²) in [6.07, 6.45) is -0.914. The highest BCUT2D eigenvalue weighted by molar-refractivity contribution is 5.78. The molecule has 86 valence electrons. The van der Waals surface area contributed by atoms with Crippen LogP contribution in [0.25, 0.3) is 0 Å². The van der Waals surface area contributed by atoms with Crippen LogP contribution in [0.2, 0.25) is 0 Å². The molecule has 0 aromatic heterocycles. The Hall–Kier alpha value is -1.40. The highest BCUT2D eigenvalue weighted by Gasteiger charge is 2.27. The van der Waals surface area contributed by atoms with E-state index in [9.17, 15) is 18.0 Å². The first kappa shape index (κ1) is 11.1. The molecule has 2 rings (SSSR count). The lowest BCUT2D eigenvalue weighted by Gasteiger charge is -2.12. The second-order valence-electron chi connectivity index (χ2n) is 3.18. The molecule has 1 saturated heterocycles. The molecule has 0 bridgehead atoms. The van der Waals surface area contributed by atoms with E-state index in [0.717, 1.165) is 0 Å². The van der Waals surface area contributed by atoms with Crippen LogP contribution in [0.5, 0.6) is 0 Å². The predicted octanol–water partition coefficient (Wildman–Crippen LogP) is 1.96. The van der Waals surface area contributed by atoms with Gasteiger partial charge in [-0.3, -0.25) is 4.79 Å². The zero-order valence-corrected chi connectivity index (χ0v) is 8.00. The lowest BCUT2D eigenvalue weighted by atomic mass is 10.1. The van der Waals surface area contributed by atoms with Gasteiger partial charge >= 0.3 is 0 Å². The number of rotatable bonds is 2. The number of aldehydes is 1. The standard InChI is InChI=1S/C10H7F3O3/c11-7-3-5(10-15-1-2-16-10)6(4-14)8(12)9(7)13/h3-4,10H,1-2H2. The molecule has 1 aliphatic rings. The normalized spacial score (nSPS) is 16.7. The van der Waals surface area contributed by atoms with Gasteiger partial charge in [0.05, 0.1) is 18.8 Å². The van der Waals surface area contributed by atoms with Crippen molar-refractivity contribution in [1.29, 1.82) is 0 Å². The summed E-state index contributed by atoms with van der Waals surface area (Å²) in [6.45, 7) is 0.507. The zero-order valence-electron chi connectivity index (χ0n) is 8.00. The second kappa shape index (κ2) is 4.23. The maximum Gasteiger partial charge on any atom is 0.195 e. The molecule has 0 atom stereocenters. The van der Waals surface area contributed by atoms with E-state index < -0.39 is 29.3 Å². The molecule has 0 aliphatic carbocycles. The topological polar surface area (TPSA) is 35.5 Å². The summed E-state index contributed by atoms with van der Waals surface area (Å²) < 4.78 is 49.0. The summed E-state index contributed by atoms with van der Waals surface area (Å²) in [6, 6.07) is 0.706. The Balaban J connectivity index is 2.54. The van der Waals surface area contributed by atoms with E-state index in [-0.39, 0.29) is 25.1 Å². The van der Waals surface area contributed by atoms with Crippen LogP contribution in [0.1, 0.15) is 22.2 Å². The molecule has 3 nitrogen and oxygen atoms in total. The van der Waals surface area contributed by atoms with Gasteiger partial charge in [0.15, 0.2) is 30.0 Å². The van der Waals surface area contributed by atoms with Gasteiger partial charge in [-0.15, -0.1) is 0 Å². The Bertz CT molecular complexity index is 428. The van der Waals surface area contributed by atoms with Crippen LogP contribution >= 0.6 is 0 Å². The Kier molecular flexibility index (Phi) is 2.93. The van der Waals surface area contributed by atoms with Crippen molar-refractivity contribution in [2.24, 2.45) is 0 Å². The largest absolute Gasteiger partial charge is 0.346 e. The van der Waals surface area contributed by atoms with Gasteiger partial charge in [-0.05, 0) is 6.07 Å². The highest BCUT2D eigenvalue weighted by Crippen LogP contribution is 2.29. The fourth-order valence-electron chi connectivity index (χ4n) is 1.48. The van der Waals surface area contributed by atoms with Gasteiger partial charge in [0.2, 0.25) is 0 Å². The smallest absolute Gasteiger partial charge is 0.195 e. The maximum absolute atomic E-state index is 13.2. The monoisotopic (exact) mass is 232 g/mol.